The van der Waals surface area contributed by atoms with Crippen molar-refractivity contribution >= 4 is 50.9 Å². The molecule has 15 heteroatoms. The molecule has 1 aromatic heterocycles. The van der Waals surface area contributed by atoms with Crippen molar-refractivity contribution in [3.63, 3.8) is 0 Å². The van der Waals surface area contributed by atoms with E-state index < -0.39 is 68.6 Å². The second kappa shape index (κ2) is 15.0. The SMILES string of the molecule is C=CCNC(=O)C(=O)C(CC1CC1)NC(=O)C1[C@H]2[C@@H](CN1C(=O)C(NC(=O)NC(CN1Cc3sccc3S1(=O)=O)C(C)(C)C)C1(C)CCCCC1)C2(C)C. The average Bonchev–Trinajstić information content (AvgIpc) is 3.78. The fraction of sp³-hybridized carbons (Fsp3) is 0.718. The number of urea groups is 1. The number of Topliss-reactive ketones (excluding diaryl/α,β-unsaturated/α-hetero) is 1. The van der Waals surface area contributed by atoms with Gasteiger partial charge in [0.15, 0.2) is 0 Å². The van der Waals surface area contributed by atoms with E-state index in [4.69, 9.17) is 0 Å². The lowest BCUT2D eigenvalue weighted by Gasteiger charge is -2.43. The zero-order valence-corrected chi connectivity index (χ0v) is 34.2. The van der Waals surface area contributed by atoms with Gasteiger partial charge in [-0.05, 0) is 64.7 Å². The van der Waals surface area contributed by atoms with Gasteiger partial charge in [-0.1, -0.05) is 79.7 Å². The van der Waals surface area contributed by atoms with Crippen molar-refractivity contribution in [2.24, 2.45) is 34.0 Å². The molecule has 0 spiro atoms. The maximum absolute atomic E-state index is 14.9. The Morgan fingerprint density at radius 2 is 1.72 bits per heavy atom. The van der Waals surface area contributed by atoms with Crippen LogP contribution in [0, 0.1) is 34.0 Å². The number of fused-ring (bicyclic) bond motifs is 2. The number of nitrogens with one attached hydrogen (secondary N) is 4. The first-order valence-electron chi connectivity index (χ1n) is 19.5. The van der Waals surface area contributed by atoms with Gasteiger partial charge in [-0.25, -0.2) is 13.2 Å². The number of nitrogens with zero attached hydrogens (tertiary/aromatic N) is 2. The minimum atomic E-state index is -3.69. The molecule has 4 unspecified atom stereocenters. The van der Waals surface area contributed by atoms with Crippen molar-refractivity contribution in [1.82, 2.24) is 30.5 Å². The number of hydrogen-bond donors (Lipinski definition) is 4. The molecule has 6 rings (SSSR count). The van der Waals surface area contributed by atoms with E-state index >= 15 is 0 Å². The number of piperidine rings is 1. The standard InChI is InChI=1S/C39H58N6O7S2/c1-8-17-40-34(48)31(46)25(19-23-12-13-23)41-33(47)30-29-24(38(29,5)6)20-45(30)35(49)32(39(7)15-10-9-11-16-39)43-36(50)42-28(37(2,3)4)22-44-21-26-27(14-18-53-26)54(44,51)52/h8,14,18,23-25,28-30,32H,1,9-13,15-17,19-22H2,2-7H3,(H,40,48)(H,41,47)(H2,42,43,50)/t24-,25?,28?,29-,30?,32?/m1/s1. The minimum absolute atomic E-state index is 0.0650. The summed E-state index contributed by atoms with van der Waals surface area (Å²) in [7, 11) is -3.69. The molecule has 0 bridgehead atoms. The van der Waals surface area contributed by atoms with Gasteiger partial charge < -0.3 is 26.2 Å². The van der Waals surface area contributed by atoms with Gasteiger partial charge in [0, 0.05) is 37.1 Å². The van der Waals surface area contributed by atoms with Crippen LogP contribution in [0.15, 0.2) is 29.0 Å². The molecule has 13 nitrogen and oxygen atoms in total. The molecule has 1 aromatic rings. The zero-order chi connectivity index (χ0) is 39.4. The Kier molecular flexibility index (Phi) is 11.2. The van der Waals surface area contributed by atoms with Crippen LogP contribution in [0.4, 0.5) is 4.79 Å². The van der Waals surface area contributed by atoms with Gasteiger partial charge in [0.25, 0.3) is 5.91 Å². The van der Waals surface area contributed by atoms with Crippen LogP contribution in [0.3, 0.4) is 0 Å². The highest BCUT2D eigenvalue weighted by atomic mass is 32.2. The minimum Gasteiger partial charge on any atom is -0.346 e. The average molecular weight is 787 g/mol. The van der Waals surface area contributed by atoms with Crippen LogP contribution in [0.25, 0.3) is 0 Å². The van der Waals surface area contributed by atoms with Crippen molar-refractivity contribution in [1.29, 1.82) is 0 Å². The number of sulfonamides is 1. The summed E-state index contributed by atoms with van der Waals surface area (Å²) in [6.07, 6.45) is 7.92. The van der Waals surface area contributed by atoms with Crippen molar-refractivity contribution in [2.45, 2.75) is 129 Å². The third kappa shape index (κ3) is 8.00. The number of amides is 5. The third-order valence-electron chi connectivity index (χ3n) is 12.9. The van der Waals surface area contributed by atoms with Crippen molar-refractivity contribution < 1.29 is 32.4 Å². The lowest BCUT2D eigenvalue weighted by Crippen LogP contribution is -2.63. The molecule has 0 radical (unpaired) electrons. The van der Waals surface area contributed by atoms with E-state index in [0.717, 1.165) is 37.0 Å². The Morgan fingerprint density at radius 1 is 1.04 bits per heavy atom. The largest absolute Gasteiger partial charge is 0.346 e. The fourth-order valence-corrected chi connectivity index (χ4v) is 12.0. The van der Waals surface area contributed by atoms with E-state index in [1.54, 1.807) is 16.3 Å². The molecule has 6 atom stereocenters. The van der Waals surface area contributed by atoms with E-state index in [-0.39, 0.29) is 48.7 Å². The van der Waals surface area contributed by atoms with Crippen LogP contribution in [0.5, 0.6) is 0 Å². The van der Waals surface area contributed by atoms with Crippen LogP contribution in [-0.4, -0.2) is 91.0 Å². The second-order valence-electron chi connectivity index (χ2n) is 18.2. The Hall–Kier alpha value is -3.30. The highest BCUT2D eigenvalue weighted by molar-refractivity contribution is 7.89. The molecule has 4 fully saturated rings. The molecular weight excluding hydrogens is 729 g/mol. The summed E-state index contributed by atoms with van der Waals surface area (Å²) < 4.78 is 28.1. The lowest BCUT2D eigenvalue weighted by atomic mass is 9.70. The number of carbonyl (C=O) groups is 5. The fourth-order valence-electron chi connectivity index (χ4n) is 9.04. The van der Waals surface area contributed by atoms with Gasteiger partial charge in [-0.15, -0.1) is 17.9 Å². The quantitative estimate of drug-likeness (QED) is 0.163. The highest BCUT2D eigenvalue weighted by Crippen LogP contribution is 2.65. The van der Waals surface area contributed by atoms with Gasteiger partial charge in [0.05, 0.1) is 10.9 Å². The van der Waals surface area contributed by atoms with E-state index in [2.05, 4.69) is 41.7 Å². The molecular formula is C39H58N6O7S2. The molecule has 298 valence electrons. The first-order chi connectivity index (χ1) is 25.3. The van der Waals surface area contributed by atoms with E-state index in [0.29, 0.717) is 30.7 Å². The smallest absolute Gasteiger partial charge is 0.315 e. The predicted molar refractivity (Wildman–Crippen MR) is 206 cm³/mol. The van der Waals surface area contributed by atoms with Crippen LogP contribution >= 0.6 is 11.3 Å². The van der Waals surface area contributed by atoms with Gasteiger partial charge in [0.1, 0.15) is 12.1 Å². The van der Waals surface area contributed by atoms with Crippen molar-refractivity contribution in [3.05, 3.63) is 29.0 Å². The molecule has 54 heavy (non-hydrogen) atoms. The normalized spacial score (nSPS) is 26.7. The molecule has 0 aromatic carbocycles. The first kappa shape index (κ1) is 40.4. The van der Waals surface area contributed by atoms with E-state index in [1.165, 1.54) is 21.7 Å². The number of likely N-dealkylation sites (tertiary alicyclic amines) is 1. The van der Waals surface area contributed by atoms with Crippen LogP contribution in [-0.2, 0) is 35.7 Å². The second-order valence-corrected chi connectivity index (χ2v) is 21.1. The molecule has 3 saturated carbocycles. The third-order valence-corrected chi connectivity index (χ3v) is 15.8. The highest BCUT2D eigenvalue weighted by Gasteiger charge is 2.70. The topological polar surface area (TPSA) is 174 Å². The predicted octanol–water partition coefficient (Wildman–Crippen LogP) is 3.94. The van der Waals surface area contributed by atoms with E-state index in [9.17, 15) is 32.4 Å². The summed E-state index contributed by atoms with van der Waals surface area (Å²) in [5.41, 5.74) is -1.32. The number of carbonyl (C=O) groups excluding carboxylic acids is 5. The number of ketones is 1. The molecule has 5 aliphatic rings. The van der Waals surface area contributed by atoms with Gasteiger partial charge in [-0.3, -0.25) is 19.2 Å². The van der Waals surface area contributed by atoms with Crippen LogP contribution < -0.4 is 21.3 Å². The summed E-state index contributed by atoms with van der Waals surface area (Å²) >= 11 is 1.40. The summed E-state index contributed by atoms with van der Waals surface area (Å²) in [4.78, 5) is 72.0. The molecule has 2 aliphatic heterocycles. The monoisotopic (exact) mass is 786 g/mol. The molecule has 3 aliphatic carbocycles. The Balaban J connectivity index is 1.22. The number of rotatable bonds is 14. The Morgan fingerprint density at radius 3 is 2.33 bits per heavy atom. The Labute approximate surface area is 323 Å². The first-order valence-corrected chi connectivity index (χ1v) is 21.8. The summed E-state index contributed by atoms with van der Waals surface area (Å²) in [6.45, 7) is 16.4. The van der Waals surface area contributed by atoms with Gasteiger partial charge >= 0.3 is 6.03 Å². The molecule has 4 N–H and O–H groups in total. The van der Waals surface area contributed by atoms with Crippen molar-refractivity contribution in [3.8, 4) is 0 Å². The summed E-state index contributed by atoms with van der Waals surface area (Å²) in [5, 5.41) is 13.3. The maximum atomic E-state index is 14.9. The lowest BCUT2D eigenvalue weighted by molar-refractivity contribution is -0.146. The number of thiophene rings is 1. The zero-order valence-electron chi connectivity index (χ0n) is 32.5. The summed E-state index contributed by atoms with van der Waals surface area (Å²) in [5.74, 6) is -2.12. The molecule has 3 heterocycles. The molecule has 1 saturated heterocycles. The van der Waals surface area contributed by atoms with E-state index in [1.807, 2.05) is 27.7 Å². The van der Waals surface area contributed by atoms with Crippen LogP contribution in [0.1, 0.15) is 97.8 Å². The number of hydrogen-bond acceptors (Lipinski definition) is 8. The van der Waals surface area contributed by atoms with Crippen molar-refractivity contribution in [2.75, 3.05) is 19.6 Å². The van der Waals surface area contributed by atoms with Gasteiger partial charge in [-0.2, -0.15) is 4.31 Å². The van der Waals surface area contributed by atoms with Crippen LogP contribution in [0.2, 0.25) is 0 Å². The molecule has 5 amide bonds. The Bertz CT molecular complexity index is 1770. The maximum Gasteiger partial charge on any atom is 0.315 e. The summed E-state index contributed by atoms with van der Waals surface area (Å²) in [6, 6.07) is -2.37. The van der Waals surface area contributed by atoms with Gasteiger partial charge in [0.2, 0.25) is 27.6 Å².